The predicted octanol–water partition coefficient (Wildman–Crippen LogP) is 5.04. The van der Waals surface area contributed by atoms with Crippen LogP contribution in [0, 0.1) is 0 Å². The zero-order chi connectivity index (χ0) is 19.3. The Morgan fingerprint density at radius 2 is 1.75 bits per heavy atom. The molecule has 0 radical (unpaired) electrons. The highest BCUT2D eigenvalue weighted by atomic mass is 16.1. The van der Waals surface area contributed by atoms with Gasteiger partial charge in [-0.25, -0.2) is 4.98 Å². The summed E-state index contributed by atoms with van der Waals surface area (Å²) in [5.74, 6) is 0.594. The van der Waals surface area contributed by atoms with E-state index in [1.807, 2.05) is 66.7 Å². The molecule has 2 heterocycles. The molecule has 0 aliphatic heterocycles. The molecular weight excluding hydrogens is 348 g/mol. The van der Waals surface area contributed by atoms with Gasteiger partial charge in [0.25, 0.3) is 5.91 Å². The van der Waals surface area contributed by atoms with Crippen LogP contribution < -0.4 is 10.2 Å². The second kappa shape index (κ2) is 7.88. The molecule has 138 valence electrons. The summed E-state index contributed by atoms with van der Waals surface area (Å²) in [6.45, 7) is 2.85. The smallest absolute Gasteiger partial charge is 0.257 e. The highest BCUT2D eigenvalue weighted by Crippen LogP contribution is 2.24. The number of hydrogen-bond acceptors (Lipinski definition) is 4. The lowest BCUT2D eigenvalue weighted by Gasteiger charge is -2.22. The molecule has 5 heteroatoms. The monoisotopic (exact) mass is 368 g/mol. The summed E-state index contributed by atoms with van der Waals surface area (Å²) in [6, 6.07) is 23.3. The van der Waals surface area contributed by atoms with Crippen molar-refractivity contribution in [2.24, 2.45) is 0 Å². The van der Waals surface area contributed by atoms with E-state index in [9.17, 15) is 4.79 Å². The zero-order valence-corrected chi connectivity index (χ0v) is 15.5. The summed E-state index contributed by atoms with van der Waals surface area (Å²) in [5.41, 5.74) is 3.02. The lowest BCUT2D eigenvalue weighted by molar-refractivity contribution is 0.102. The number of anilines is 3. The van der Waals surface area contributed by atoms with E-state index in [2.05, 4.69) is 27.1 Å². The second-order valence-electron chi connectivity index (χ2n) is 6.32. The van der Waals surface area contributed by atoms with Gasteiger partial charge >= 0.3 is 0 Å². The molecule has 0 saturated carbocycles. The first kappa shape index (κ1) is 17.7. The first-order valence-electron chi connectivity index (χ1n) is 9.20. The van der Waals surface area contributed by atoms with Gasteiger partial charge in [0.15, 0.2) is 0 Å². The number of carbonyl (C=O) groups excluding carboxylic acids is 1. The van der Waals surface area contributed by atoms with Gasteiger partial charge in [0.1, 0.15) is 5.82 Å². The van der Waals surface area contributed by atoms with E-state index < -0.39 is 0 Å². The fraction of sp³-hybridized carbons (Fsp3) is 0.0870. The number of nitrogens with zero attached hydrogens (tertiary/aromatic N) is 3. The lowest BCUT2D eigenvalue weighted by atomic mass is 10.2. The highest BCUT2D eigenvalue weighted by Gasteiger charge is 2.12. The Kier molecular flexibility index (Phi) is 4.97. The van der Waals surface area contributed by atoms with Crippen molar-refractivity contribution in [1.29, 1.82) is 0 Å². The Labute approximate surface area is 163 Å². The summed E-state index contributed by atoms with van der Waals surface area (Å²) < 4.78 is 0. The molecule has 0 atom stereocenters. The normalized spacial score (nSPS) is 10.6. The van der Waals surface area contributed by atoms with Gasteiger partial charge in [0, 0.05) is 30.0 Å². The van der Waals surface area contributed by atoms with Crippen molar-refractivity contribution in [1.82, 2.24) is 9.97 Å². The van der Waals surface area contributed by atoms with Crippen LogP contribution in [0.25, 0.3) is 10.9 Å². The maximum Gasteiger partial charge on any atom is 0.257 e. The lowest BCUT2D eigenvalue weighted by Crippen LogP contribution is -2.18. The predicted molar refractivity (Wildman–Crippen MR) is 113 cm³/mol. The molecule has 0 spiro atoms. The third-order valence-electron chi connectivity index (χ3n) is 4.55. The number of fused-ring (bicyclic) bond motifs is 1. The third kappa shape index (κ3) is 3.55. The minimum Gasteiger partial charge on any atom is -0.327 e. The van der Waals surface area contributed by atoms with E-state index in [-0.39, 0.29) is 5.91 Å². The molecule has 5 nitrogen and oxygen atoms in total. The number of pyridine rings is 2. The summed E-state index contributed by atoms with van der Waals surface area (Å²) in [7, 11) is 0. The fourth-order valence-corrected chi connectivity index (χ4v) is 3.16. The Balaban J connectivity index is 1.56. The van der Waals surface area contributed by atoms with Crippen molar-refractivity contribution in [3.63, 3.8) is 0 Å². The summed E-state index contributed by atoms with van der Waals surface area (Å²) in [5, 5.41) is 3.92. The first-order chi connectivity index (χ1) is 13.8. The molecule has 0 bridgehead atoms. The third-order valence-corrected chi connectivity index (χ3v) is 4.55. The summed E-state index contributed by atoms with van der Waals surface area (Å²) >= 11 is 0. The molecule has 4 rings (SSSR count). The Morgan fingerprint density at radius 1 is 0.929 bits per heavy atom. The van der Waals surface area contributed by atoms with Gasteiger partial charge in [-0.3, -0.25) is 9.78 Å². The van der Waals surface area contributed by atoms with Gasteiger partial charge in [-0.1, -0.05) is 36.4 Å². The number of nitrogens with one attached hydrogen (secondary N) is 1. The number of carbonyl (C=O) groups is 1. The molecule has 0 fully saturated rings. The zero-order valence-electron chi connectivity index (χ0n) is 15.5. The average Bonchev–Trinajstić information content (AvgIpc) is 2.76. The molecule has 0 aliphatic rings. The van der Waals surface area contributed by atoms with Crippen LogP contribution in [-0.2, 0) is 0 Å². The van der Waals surface area contributed by atoms with Crippen LogP contribution in [0.3, 0.4) is 0 Å². The molecule has 0 aliphatic carbocycles. The van der Waals surface area contributed by atoms with Crippen molar-refractivity contribution in [2.45, 2.75) is 6.92 Å². The Bertz CT molecular complexity index is 1090. The Morgan fingerprint density at radius 3 is 2.50 bits per heavy atom. The average molecular weight is 368 g/mol. The van der Waals surface area contributed by atoms with Gasteiger partial charge in [0.2, 0.25) is 0 Å². The summed E-state index contributed by atoms with van der Waals surface area (Å²) in [6.07, 6.45) is 3.33. The van der Waals surface area contributed by atoms with Gasteiger partial charge in [-0.05, 0) is 43.3 Å². The van der Waals surface area contributed by atoms with Gasteiger partial charge in [-0.2, -0.15) is 0 Å². The van der Waals surface area contributed by atoms with E-state index in [1.54, 1.807) is 18.5 Å². The van der Waals surface area contributed by atoms with E-state index >= 15 is 0 Å². The maximum absolute atomic E-state index is 12.7. The van der Waals surface area contributed by atoms with Crippen LogP contribution in [0.5, 0.6) is 0 Å². The molecule has 28 heavy (non-hydrogen) atoms. The van der Waals surface area contributed by atoms with E-state index in [4.69, 9.17) is 0 Å². The highest BCUT2D eigenvalue weighted by molar-refractivity contribution is 6.08. The topological polar surface area (TPSA) is 58.1 Å². The van der Waals surface area contributed by atoms with Crippen LogP contribution in [0.15, 0.2) is 85.2 Å². The van der Waals surface area contributed by atoms with Crippen molar-refractivity contribution in [2.75, 3.05) is 16.8 Å². The number of aromatic nitrogens is 2. The molecule has 1 N–H and O–H groups in total. The van der Waals surface area contributed by atoms with Gasteiger partial charge < -0.3 is 10.2 Å². The largest absolute Gasteiger partial charge is 0.327 e. The van der Waals surface area contributed by atoms with Crippen LogP contribution in [0.1, 0.15) is 17.3 Å². The molecule has 2 aromatic carbocycles. The molecule has 1 amide bonds. The quantitative estimate of drug-likeness (QED) is 0.536. The standard InChI is InChI=1S/C23H20N4O/c1-2-27(19-10-4-3-5-11-19)21-14-13-18(16-25-21)23(28)26-20-12-6-8-17-9-7-15-24-22(17)20/h3-16H,2H2,1H3,(H,26,28). The van der Waals surface area contributed by atoms with Crippen LogP contribution in [0.2, 0.25) is 0 Å². The van der Waals surface area contributed by atoms with Crippen LogP contribution in [0.4, 0.5) is 17.2 Å². The first-order valence-corrected chi connectivity index (χ1v) is 9.20. The van der Waals surface area contributed by atoms with Crippen LogP contribution >= 0.6 is 0 Å². The van der Waals surface area contributed by atoms with Crippen molar-refractivity contribution >= 4 is 34.0 Å². The molecular formula is C23H20N4O. The fourth-order valence-electron chi connectivity index (χ4n) is 3.16. The van der Waals surface area contributed by atoms with Crippen molar-refractivity contribution in [3.05, 3.63) is 90.8 Å². The number of para-hydroxylation sites is 2. The second-order valence-corrected chi connectivity index (χ2v) is 6.32. The van der Waals surface area contributed by atoms with E-state index in [1.165, 1.54) is 0 Å². The van der Waals surface area contributed by atoms with Crippen molar-refractivity contribution < 1.29 is 4.79 Å². The van der Waals surface area contributed by atoms with Crippen molar-refractivity contribution in [3.8, 4) is 0 Å². The number of benzene rings is 2. The maximum atomic E-state index is 12.7. The molecule has 0 saturated heterocycles. The molecule has 2 aromatic heterocycles. The van der Waals surface area contributed by atoms with E-state index in [0.29, 0.717) is 11.3 Å². The number of amides is 1. The number of rotatable bonds is 5. The minimum atomic E-state index is -0.208. The van der Waals surface area contributed by atoms with Crippen LogP contribution in [-0.4, -0.2) is 22.4 Å². The molecule has 4 aromatic rings. The minimum absolute atomic E-state index is 0.208. The van der Waals surface area contributed by atoms with Gasteiger partial charge in [-0.15, -0.1) is 0 Å². The van der Waals surface area contributed by atoms with Gasteiger partial charge in [0.05, 0.1) is 16.8 Å². The summed E-state index contributed by atoms with van der Waals surface area (Å²) in [4.78, 5) is 23.7. The Hall–Kier alpha value is -3.73. The number of hydrogen-bond donors (Lipinski definition) is 1. The molecule has 0 unspecified atom stereocenters. The van der Waals surface area contributed by atoms with E-state index in [0.717, 1.165) is 29.0 Å². The SMILES string of the molecule is CCN(c1ccccc1)c1ccc(C(=O)Nc2cccc3cccnc23)cn1.